The Morgan fingerprint density at radius 2 is 2.24 bits per heavy atom. The van der Waals surface area contributed by atoms with Crippen molar-refractivity contribution < 1.29 is 0 Å². The van der Waals surface area contributed by atoms with Gasteiger partial charge < -0.3 is 5.73 Å². The predicted octanol–water partition coefficient (Wildman–Crippen LogP) is 2.51. The monoisotopic (exact) mass is 244 g/mol. The summed E-state index contributed by atoms with van der Waals surface area (Å²) in [6, 6.07) is 8.52. The van der Waals surface area contributed by atoms with Gasteiger partial charge in [0.1, 0.15) is 0 Å². The Balaban J connectivity index is 2.34. The standard InChI is InChI=1S/C14H16N2S/c1-3-10(2)16-13(8-15)12-9-17-14-7-5-4-6-11(12)14/h1,4-7,9-10,13,16H,8,15H2,2H3. The average molecular weight is 244 g/mol. The molecule has 2 unspecified atom stereocenters. The summed E-state index contributed by atoms with van der Waals surface area (Å²) in [4.78, 5) is 0. The molecule has 0 saturated carbocycles. The third kappa shape index (κ3) is 2.50. The SMILES string of the molecule is C#CC(C)NC(CN)c1csc2ccccc12. The summed E-state index contributed by atoms with van der Waals surface area (Å²) in [6.07, 6.45) is 5.39. The van der Waals surface area contributed by atoms with Crippen molar-refractivity contribution in [3.63, 3.8) is 0 Å². The second-order valence-corrected chi connectivity index (χ2v) is 4.94. The van der Waals surface area contributed by atoms with Crippen molar-refractivity contribution in [1.82, 2.24) is 5.32 Å². The van der Waals surface area contributed by atoms with Gasteiger partial charge in [-0.15, -0.1) is 17.8 Å². The van der Waals surface area contributed by atoms with E-state index >= 15 is 0 Å². The topological polar surface area (TPSA) is 38.0 Å². The van der Waals surface area contributed by atoms with Crippen LogP contribution in [0.5, 0.6) is 0 Å². The van der Waals surface area contributed by atoms with Crippen LogP contribution in [0.3, 0.4) is 0 Å². The van der Waals surface area contributed by atoms with E-state index < -0.39 is 0 Å². The summed E-state index contributed by atoms with van der Waals surface area (Å²) in [5.41, 5.74) is 7.08. The molecule has 2 rings (SSSR count). The van der Waals surface area contributed by atoms with Gasteiger partial charge in [-0.1, -0.05) is 24.1 Å². The third-order valence-electron chi connectivity index (χ3n) is 2.82. The van der Waals surface area contributed by atoms with Gasteiger partial charge in [0.2, 0.25) is 0 Å². The van der Waals surface area contributed by atoms with Crippen LogP contribution >= 0.6 is 11.3 Å². The predicted molar refractivity (Wildman–Crippen MR) is 75.1 cm³/mol. The highest BCUT2D eigenvalue weighted by Gasteiger charge is 2.15. The Hall–Kier alpha value is -1.34. The first-order valence-electron chi connectivity index (χ1n) is 5.64. The van der Waals surface area contributed by atoms with Gasteiger partial charge in [-0.2, -0.15) is 0 Å². The molecule has 2 aromatic rings. The van der Waals surface area contributed by atoms with E-state index in [4.69, 9.17) is 12.2 Å². The van der Waals surface area contributed by atoms with Crippen molar-refractivity contribution in [2.24, 2.45) is 5.73 Å². The summed E-state index contributed by atoms with van der Waals surface area (Å²) in [6.45, 7) is 2.52. The quantitative estimate of drug-likeness (QED) is 0.811. The number of terminal acetylenes is 1. The number of nitrogens with one attached hydrogen (secondary N) is 1. The van der Waals surface area contributed by atoms with Crippen LogP contribution in [0.15, 0.2) is 29.6 Å². The summed E-state index contributed by atoms with van der Waals surface area (Å²) >= 11 is 1.75. The minimum atomic E-state index is 0.0298. The van der Waals surface area contributed by atoms with E-state index in [1.165, 1.54) is 15.6 Å². The van der Waals surface area contributed by atoms with Gasteiger partial charge in [0, 0.05) is 17.3 Å². The molecule has 2 nitrogen and oxygen atoms in total. The van der Waals surface area contributed by atoms with Crippen LogP contribution in [0.4, 0.5) is 0 Å². The Morgan fingerprint density at radius 3 is 2.94 bits per heavy atom. The van der Waals surface area contributed by atoms with Crippen molar-refractivity contribution >= 4 is 21.4 Å². The molecule has 0 fully saturated rings. The fraction of sp³-hybridized carbons (Fsp3) is 0.286. The number of thiophene rings is 1. The molecule has 0 aliphatic heterocycles. The van der Waals surface area contributed by atoms with E-state index in [0.717, 1.165) is 0 Å². The van der Waals surface area contributed by atoms with Gasteiger partial charge in [-0.3, -0.25) is 5.32 Å². The second-order valence-electron chi connectivity index (χ2n) is 4.03. The number of hydrogen-bond acceptors (Lipinski definition) is 3. The van der Waals surface area contributed by atoms with Crippen LogP contribution in [0.1, 0.15) is 18.5 Å². The molecule has 0 radical (unpaired) electrons. The Morgan fingerprint density at radius 1 is 1.47 bits per heavy atom. The molecule has 1 aromatic carbocycles. The van der Waals surface area contributed by atoms with Crippen molar-refractivity contribution in [1.29, 1.82) is 0 Å². The molecule has 17 heavy (non-hydrogen) atoms. The average Bonchev–Trinajstić information content (AvgIpc) is 2.79. The van der Waals surface area contributed by atoms with E-state index in [1.807, 2.05) is 6.92 Å². The molecule has 0 aliphatic carbocycles. The maximum Gasteiger partial charge on any atom is 0.0663 e. The first-order valence-corrected chi connectivity index (χ1v) is 6.52. The minimum Gasteiger partial charge on any atom is -0.329 e. The van der Waals surface area contributed by atoms with Crippen LogP contribution in [-0.2, 0) is 0 Å². The normalized spacial score (nSPS) is 14.4. The number of hydrogen-bond donors (Lipinski definition) is 2. The van der Waals surface area contributed by atoms with E-state index in [2.05, 4.69) is 40.9 Å². The Kier molecular flexibility index (Phi) is 3.80. The number of benzene rings is 1. The maximum atomic E-state index is 5.83. The zero-order valence-electron chi connectivity index (χ0n) is 9.81. The molecule has 0 spiro atoms. The molecule has 3 N–H and O–H groups in total. The van der Waals surface area contributed by atoms with Crippen molar-refractivity contribution in [2.45, 2.75) is 19.0 Å². The molecule has 1 aromatic heterocycles. The van der Waals surface area contributed by atoms with Gasteiger partial charge in [-0.25, -0.2) is 0 Å². The fourth-order valence-electron chi connectivity index (χ4n) is 1.90. The number of rotatable bonds is 4. The molecule has 88 valence electrons. The molecule has 0 aliphatic rings. The molecule has 0 saturated heterocycles. The van der Waals surface area contributed by atoms with Crippen molar-refractivity contribution in [3.05, 3.63) is 35.2 Å². The van der Waals surface area contributed by atoms with Crippen LogP contribution in [0.25, 0.3) is 10.1 Å². The van der Waals surface area contributed by atoms with Gasteiger partial charge in [-0.05, 0) is 29.3 Å². The smallest absolute Gasteiger partial charge is 0.0663 e. The summed E-state index contributed by atoms with van der Waals surface area (Å²) in [5.74, 6) is 2.68. The third-order valence-corrected chi connectivity index (χ3v) is 3.80. The lowest BCUT2D eigenvalue weighted by Crippen LogP contribution is -2.33. The Bertz CT molecular complexity index is 538. The van der Waals surface area contributed by atoms with E-state index in [1.54, 1.807) is 11.3 Å². The highest BCUT2D eigenvalue weighted by Crippen LogP contribution is 2.29. The van der Waals surface area contributed by atoms with Gasteiger partial charge in [0.05, 0.1) is 6.04 Å². The lowest BCUT2D eigenvalue weighted by atomic mass is 10.1. The van der Waals surface area contributed by atoms with Gasteiger partial charge in [0.25, 0.3) is 0 Å². The molecular formula is C14H16N2S. The largest absolute Gasteiger partial charge is 0.329 e. The van der Waals surface area contributed by atoms with E-state index in [-0.39, 0.29) is 12.1 Å². The Labute approximate surface area is 106 Å². The van der Waals surface area contributed by atoms with Gasteiger partial charge in [0.15, 0.2) is 0 Å². The summed E-state index contributed by atoms with van der Waals surface area (Å²) in [7, 11) is 0. The number of nitrogens with two attached hydrogens (primary N) is 1. The van der Waals surface area contributed by atoms with Crippen LogP contribution < -0.4 is 11.1 Å². The first-order chi connectivity index (χ1) is 8.26. The number of fused-ring (bicyclic) bond motifs is 1. The van der Waals surface area contributed by atoms with E-state index in [9.17, 15) is 0 Å². The van der Waals surface area contributed by atoms with Crippen molar-refractivity contribution in [2.75, 3.05) is 6.54 Å². The molecular weight excluding hydrogens is 228 g/mol. The lowest BCUT2D eigenvalue weighted by molar-refractivity contribution is 0.522. The fourth-order valence-corrected chi connectivity index (χ4v) is 2.92. The van der Waals surface area contributed by atoms with E-state index in [0.29, 0.717) is 6.54 Å². The molecule has 3 heteroatoms. The molecule has 0 bridgehead atoms. The molecule has 1 heterocycles. The maximum absolute atomic E-state index is 5.83. The summed E-state index contributed by atoms with van der Waals surface area (Å²) < 4.78 is 1.29. The lowest BCUT2D eigenvalue weighted by Gasteiger charge is -2.18. The molecule has 2 atom stereocenters. The van der Waals surface area contributed by atoms with Crippen molar-refractivity contribution in [3.8, 4) is 12.3 Å². The first kappa shape index (κ1) is 12.1. The van der Waals surface area contributed by atoms with Crippen LogP contribution in [0.2, 0.25) is 0 Å². The van der Waals surface area contributed by atoms with Crippen LogP contribution in [-0.4, -0.2) is 12.6 Å². The second kappa shape index (κ2) is 5.33. The molecule has 0 amide bonds. The summed E-state index contributed by atoms with van der Waals surface area (Å²) in [5, 5.41) is 6.79. The zero-order valence-corrected chi connectivity index (χ0v) is 10.6. The van der Waals surface area contributed by atoms with Gasteiger partial charge >= 0.3 is 0 Å². The van der Waals surface area contributed by atoms with Crippen LogP contribution in [0, 0.1) is 12.3 Å². The minimum absolute atomic E-state index is 0.0298. The zero-order chi connectivity index (χ0) is 12.3. The highest BCUT2D eigenvalue weighted by molar-refractivity contribution is 7.17. The highest BCUT2D eigenvalue weighted by atomic mass is 32.1.